The summed E-state index contributed by atoms with van der Waals surface area (Å²) in [5, 5.41) is 0. The summed E-state index contributed by atoms with van der Waals surface area (Å²) in [5.74, 6) is 0.820. The van der Waals surface area contributed by atoms with Crippen molar-refractivity contribution < 1.29 is 9.13 Å². The third kappa shape index (κ3) is 3.59. The summed E-state index contributed by atoms with van der Waals surface area (Å²) in [7, 11) is 0. The highest BCUT2D eigenvalue weighted by molar-refractivity contribution is 5.17. The molecule has 0 aromatic heterocycles. The standard InChI is InChI=1S/C19H27FN2O/c20-18-5-3-17(4-6-18)14-22-11-12-23-15-19(22)7-9-21(10-8-19)13-16-1-2-16/h3-6,16H,1-2,7-15H2. The molecule has 3 aliphatic rings. The summed E-state index contributed by atoms with van der Waals surface area (Å²) in [4.78, 5) is 5.24. The summed E-state index contributed by atoms with van der Waals surface area (Å²) in [6.45, 7) is 7.25. The van der Waals surface area contributed by atoms with E-state index in [2.05, 4.69) is 9.80 Å². The van der Waals surface area contributed by atoms with E-state index in [9.17, 15) is 4.39 Å². The molecule has 0 bridgehead atoms. The van der Waals surface area contributed by atoms with E-state index in [1.807, 2.05) is 12.1 Å². The van der Waals surface area contributed by atoms with Gasteiger partial charge in [-0.1, -0.05) is 12.1 Å². The number of morpholine rings is 1. The van der Waals surface area contributed by atoms with Crippen molar-refractivity contribution in [3.63, 3.8) is 0 Å². The second-order valence-corrected chi connectivity index (χ2v) is 7.57. The fourth-order valence-electron chi connectivity index (χ4n) is 4.10. The second kappa shape index (κ2) is 6.50. The number of rotatable bonds is 4. The Labute approximate surface area is 138 Å². The van der Waals surface area contributed by atoms with Crippen LogP contribution in [0.3, 0.4) is 0 Å². The van der Waals surface area contributed by atoms with Crippen molar-refractivity contribution in [3.8, 4) is 0 Å². The van der Waals surface area contributed by atoms with Crippen molar-refractivity contribution in [1.82, 2.24) is 9.80 Å². The number of piperidine rings is 1. The second-order valence-electron chi connectivity index (χ2n) is 7.57. The molecule has 4 heteroatoms. The molecule has 3 fully saturated rings. The largest absolute Gasteiger partial charge is 0.378 e. The monoisotopic (exact) mass is 318 g/mol. The Balaban J connectivity index is 1.41. The summed E-state index contributed by atoms with van der Waals surface area (Å²) in [5.41, 5.74) is 1.39. The van der Waals surface area contributed by atoms with E-state index in [0.29, 0.717) is 0 Å². The first-order chi connectivity index (χ1) is 11.2. The molecule has 0 atom stereocenters. The molecule has 1 spiro atoms. The quantitative estimate of drug-likeness (QED) is 0.849. The highest BCUT2D eigenvalue weighted by Gasteiger charge is 2.42. The SMILES string of the molecule is Fc1ccc(CN2CCOCC23CCN(CC2CC2)CC3)cc1. The Bertz CT molecular complexity index is 521. The molecule has 23 heavy (non-hydrogen) atoms. The molecule has 4 rings (SSSR count). The normalized spacial score (nSPS) is 25.8. The number of likely N-dealkylation sites (tertiary alicyclic amines) is 1. The van der Waals surface area contributed by atoms with Crippen molar-refractivity contribution >= 4 is 0 Å². The third-order valence-corrected chi connectivity index (χ3v) is 5.83. The molecule has 2 heterocycles. The third-order valence-electron chi connectivity index (χ3n) is 5.83. The minimum atomic E-state index is -0.154. The van der Waals surface area contributed by atoms with E-state index in [0.717, 1.165) is 32.2 Å². The van der Waals surface area contributed by atoms with Gasteiger partial charge in [-0.15, -0.1) is 0 Å². The van der Waals surface area contributed by atoms with Crippen LogP contribution in [-0.4, -0.2) is 54.7 Å². The van der Waals surface area contributed by atoms with Crippen molar-refractivity contribution in [2.45, 2.75) is 37.8 Å². The molecule has 0 N–H and O–H groups in total. The molecule has 0 amide bonds. The van der Waals surface area contributed by atoms with Gasteiger partial charge in [0.25, 0.3) is 0 Å². The van der Waals surface area contributed by atoms with Crippen molar-refractivity contribution in [1.29, 1.82) is 0 Å². The van der Waals surface area contributed by atoms with Gasteiger partial charge in [0, 0.05) is 25.2 Å². The van der Waals surface area contributed by atoms with Crippen LogP contribution in [0.2, 0.25) is 0 Å². The zero-order valence-corrected chi connectivity index (χ0v) is 13.8. The first kappa shape index (κ1) is 15.6. The van der Waals surface area contributed by atoms with Gasteiger partial charge in [0.05, 0.1) is 13.2 Å². The lowest BCUT2D eigenvalue weighted by Gasteiger charge is -2.51. The average molecular weight is 318 g/mol. The average Bonchev–Trinajstić information content (AvgIpc) is 3.38. The molecule has 126 valence electrons. The van der Waals surface area contributed by atoms with Crippen LogP contribution >= 0.6 is 0 Å². The molecule has 1 aromatic carbocycles. The maximum Gasteiger partial charge on any atom is 0.123 e. The molecule has 1 saturated carbocycles. The molecular weight excluding hydrogens is 291 g/mol. The summed E-state index contributed by atoms with van der Waals surface area (Å²) in [6.07, 6.45) is 5.25. The summed E-state index contributed by atoms with van der Waals surface area (Å²) < 4.78 is 19.0. The van der Waals surface area contributed by atoms with Gasteiger partial charge in [-0.2, -0.15) is 0 Å². The number of ether oxygens (including phenoxy) is 1. The smallest absolute Gasteiger partial charge is 0.123 e. The zero-order chi connectivity index (χ0) is 15.7. The Morgan fingerprint density at radius 2 is 1.83 bits per heavy atom. The first-order valence-corrected chi connectivity index (χ1v) is 9.03. The van der Waals surface area contributed by atoms with Crippen molar-refractivity contribution in [3.05, 3.63) is 35.6 Å². The van der Waals surface area contributed by atoms with Crippen LogP contribution in [0.4, 0.5) is 4.39 Å². The lowest BCUT2D eigenvalue weighted by molar-refractivity contribution is -0.0991. The number of hydrogen-bond donors (Lipinski definition) is 0. The molecule has 3 nitrogen and oxygen atoms in total. The number of benzene rings is 1. The Morgan fingerprint density at radius 1 is 1.09 bits per heavy atom. The van der Waals surface area contributed by atoms with Gasteiger partial charge in [0.15, 0.2) is 0 Å². The van der Waals surface area contributed by atoms with Gasteiger partial charge in [0.2, 0.25) is 0 Å². The van der Waals surface area contributed by atoms with Gasteiger partial charge < -0.3 is 9.64 Å². The van der Waals surface area contributed by atoms with Crippen LogP contribution in [0, 0.1) is 11.7 Å². The van der Waals surface area contributed by atoms with Gasteiger partial charge >= 0.3 is 0 Å². The minimum Gasteiger partial charge on any atom is -0.378 e. The Hall–Kier alpha value is -0.970. The fourth-order valence-corrected chi connectivity index (χ4v) is 4.10. The van der Waals surface area contributed by atoms with Crippen molar-refractivity contribution in [2.75, 3.05) is 39.4 Å². The van der Waals surface area contributed by atoms with Crippen LogP contribution in [0.25, 0.3) is 0 Å². The minimum absolute atomic E-state index is 0.154. The molecule has 0 unspecified atom stereocenters. The molecule has 2 saturated heterocycles. The number of halogens is 1. The molecule has 1 aliphatic carbocycles. The maximum atomic E-state index is 13.1. The van der Waals surface area contributed by atoms with E-state index in [1.54, 1.807) is 12.1 Å². The van der Waals surface area contributed by atoms with Crippen LogP contribution in [0.1, 0.15) is 31.2 Å². The summed E-state index contributed by atoms with van der Waals surface area (Å²) >= 11 is 0. The maximum absolute atomic E-state index is 13.1. The van der Waals surface area contributed by atoms with Gasteiger partial charge in [0.1, 0.15) is 5.82 Å². The topological polar surface area (TPSA) is 15.7 Å². The van der Waals surface area contributed by atoms with E-state index in [4.69, 9.17) is 4.74 Å². The number of hydrogen-bond acceptors (Lipinski definition) is 3. The van der Waals surface area contributed by atoms with Crippen LogP contribution < -0.4 is 0 Å². The lowest BCUT2D eigenvalue weighted by atomic mass is 9.85. The van der Waals surface area contributed by atoms with E-state index in [1.165, 1.54) is 50.9 Å². The zero-order valence-electron chi connectivity index (χ0n) is 13.8. The lowest BCUT2D eigenvalue weighted by Crippen LogP contribution is -2.61. The van der Waals surface area contributed by atoms with E-state index >= 15 is 0 Å². The van der Waals surface area contributed by atoms with Gasteiger partial charge in [-0.25, -0.2) is 4.39 Å². The van der Waals surface area contributed by atoms with Gasteiger partial charge in [-0.3, -0.25) is 4.90 Å². The van der Waals surface area contributed by atoms with Crippen LogP contribution in [0.15, 0.2) is 24.3 Å². The van der Waals surface area contributed by atoms with Crippen LogP contribution in [0.5, 0.6) is 0 Å². The van der Waals surface area contributed by atoms with E-state index < -0.39 is 0 Å². The molecule has 1 aromatic rings. The predicted molar refractivity (Wildman–Crippen MR) is 88.8 cm³/mol. The number of nitrogens with zero attached hydrogens (tertiary/aromatic N) is 2. The summed E-state index contributed by atoms with van der Waals surface area (Å²) in [6, 6.07) is 6.98. The van der Waals surface area contributed by atoms with Gasteiger partial charge in [-0.05, 0) is 62.4 Å². The molecule has 2 aliphatic heterocycles. The first-order valence-electron chi connectivity index (χ1n) is 9.03. The molecular formula is C19H27FN2O. The van der Waals surface area contributed by atoms with E-state index in [-0.39, 0.29) is 11.4 Å². The predicted octanol–water partition coefficient (Wildman–Crippen LogP) is 2.90. The Morgan fingerprint density at radius 3 is 2.52 bits per heavy atom. The van der Waals surface area contributed by atoms with Crippen LogP contribution in [-0.2, 0) is 11.3 Å². The highest BCUT2D eigenvalue weighted by atomic mass is 19.1. The fraction of sp³-hybridized carbons (Fsp3) is 0.684. The highest BCUT2D eigenvalue weighted by Crippen LogP contribution is 2.35. The molecule has 0 radical (unpaired) electrons. The van der Waals surface area contributed by atoms with Crippen molar-refractivity contribution in [2.24, 2.45) is 5.92 Å². The Kier molecular flexibility index (Phi) is 4.39.